The number of aromatic nitrogens is 4. The summed E-state index contributed by atoms with van der Waals surface area (Å²) in [5, 5.41) is 20.0. The summed E-state index contributed by atoms with van der Waals surface area (Å²) >= 11 is 0. The van der Waals surface area contributed by atoms with E-state index in [2.05, 4.69) is 15.4 Å². The van der Waals surface area contributed by atoms with Crippen LogP contribution in [0.5, 0.6) is 5.75 Å². The Kier molecular flexibility index (Phi) is 6.07. The number of tetrazole rings is 1. The van der Waals surface area contributed by atoms with E-state index in [0.717, 1.165) is 16.1 Å². The van der Waals surface area contributed by atoms with Crippen molar-refractivity contribution in [3.05, 3.63) is 35.7 Å². The van der Waals surface area contributed by atoms with Gasteiger partial charge in [0.05, 0.1) is 13.2 Å². The summed E-state index contributed by atoms with van der Waals surface area (Å²) in [7, 11) is 1.60. The van der Waals surface area contributed by atoms with Crippen molar-refractivity contribution in [2.75, 3.05) is 7.11 Å². The van der Waals surface area contributed by atoms with Gasteiger partial charge in [-0.05, 0) is 29.3 Å². The van der Waals surface area contributed by atoms with Crippen molar-refractivity contribution < 1.29 is 14.6 Å². The zero-order valence-electron chi connectivity index (χ0n) is 11.3. The van der Waals surface area contributed by atoms with Crippen molar-refractivity contribution in [2.24, 2.45) is 5.73 Å². The van der Waals surface area contributed by atoms with Crippen LogP contribution < -0.4 is 10.5 Å². The first-order valence-corrected chi connectivity index (χ1v) is 5.96. The van der Waals surface area contributed by atoms with Gasteiger partial charge in [0.1, 0.15) is 5.75 Å². The molecule has 2 aromatic rings. The van der Waals surface area contributed by atoms with E-state index in [4.69, 9.17) is 15.6 Å². The number of hydrogen-bond acceptors (Lipinski definition) is 6. The van der Waals surface area contributed by atoms with Gasteiger partial charge in [0.15, 0.2) is 12.4 Å². The maximum Gasteiger partial charge on any atom is 0.327 e. The molecule has 21 heavy (non-hydrogen) atoms. The van der Waals surface area contributed by atoms with E-state index >= 15 is 0 Å². The van der Waals surface area contributed by atoms with Crippen LogP contribution in [0, 0.1) is 0 Å². The molecule has 0 fully saturated rings. The van der Waals surface area contributed by atoms with Gasteiger partial charge >= 0.3 is 5.97 Å². The third kappa shape index (κ3) is 4.69. The van der Waals surface area contributed by atoms with Crippen molar-refractivity contribution in [1.29, 1.82) is 0 Å². The monoisotopic (exact) mass is 313 g/mol. The minimum atomic E-state index is -1.03. The predicted octanol–water partition coefficient (Wildman–Crippen LogP) is 0.431. The molecule has 0 amide bonds. The molecule has 114 valence electrons. The number of hydrogen-bond donors (Lipinski definition) is 2. The second-order valence-corrected chi connectivity index (χ2v) is 4.23. The first-order valence-electron chi connectivity index (χ1n) is 5.96. The molecule has 0 spiro atoms. The van der Waals surface area contributed by atoms with Crippen LogP contribution in [0.15, 0.2) is 24.3 Å². The van der Waals surface area contributed by atoms with Gasteiger partial charge in [-0.25, -0.2) is 0 Å². The van der Waals surface area contributed by atoms with Gasteiger partial charge in [0, 0.05) is 0 Å². The van der Waals surface area contributed by atoms with E-state index in [9.17, 15) is 4.79 Å². The molecule has 0 unspecified atom stereocenters. The molecule has 8 nitrogen and oxygen atoms in total. The van der Waals surface area contributed by atoms with Crippen molar-refractivity contribution in [1.82, 2.24) is 20.2 Å². The average Bonchev–Trinajstić information content (AvgIpc) is 2.87. The lowest BCUT2D eigenvalue weighted by molar-refractivity contribution is -0.138. The van der Waals surface area contributed by atoms with Gasteiger partial charge in [0.2, 0.25) is 0 Å². The highest BCUT2D eigenvalue weighted by molar-refractivity contribution is 5.85. The number of aliphatic carboxylic acids is 1. The highest BCUT2D eigenvalue weighted by Gasteiger charge is 2.14. The average molecular weight is 314 g/mol. The normalized spacial score (nSPS) is 11.5. The van der Waals surface area contributed by atoms with E-state index in [0.29, 0.717) is 12.2 Å². The first-order chi connectivity index (χ1) is 9.58. The fourth-order valence-corrected chi connectivity index (χ4v) is 1.70. The molecule has 0 bridgehead atoms. The van der Waals surface area contributed by atoms with Gasteiger partial charge in [-0.3, -0.25) is 4.79 Å². The number of benzene rings is 1. The van der Waals surface area contributed by atoms with Crippen LogP contribution in [0.2, 0.25) is 0 Å². The van der Waals surface area contributed by atoms with Gasteiger partial charge < -0.3 is 15.6 Å². The topological polar surface area (TPSA) is 116 Å². The van der Waals surface area contributed by atoms with Crippen molar-refractivity contribution in [2.45, 2.75) is 19.0 Å². The zero-order valence-corrected chi connectivity index (χ0v) is 12.2. The Morgan fingerprint density at radius 2 is 2.10 bits per heavy atom. The van der Waals surface area contributed by atoms with Gasteiger partial charge in [-0.1, -0.05) is 12.1 Å². The van der Waals surface area contributed by atoms with Crippen LogP contribution in [0.3, 0.4) is 0 Å². The van der Waals surface area contributed by atoms with Crippen LogP contribution in [0.25, 0.3) is 0 Å². The van der Waals surface area contributed by atoms with Crippen LogP contribution >= 0.6 is 12.4 Å². The summed E-state index contributed by atoms with van der Waals surface area (Å²) in [5.41, 5.74) is 6.99. The minimum absolute atomic E-state index is 0. The third-order valence-corrected chi connectivity index (χ3v) is 2.69. The second kappa shape index (κ2) is 7.55. The molecule has 2 rings (SSSR count). The maximum absolute atomic E-state index is 10.5. The molecule has 0 saturated heterocycles. The summed E-state index contributed by atoms with van der Waals surface area (Å²) in [5.74, 6) is 0.0626. The molecule has 1 atom stereocenters. The van der Waals surface area contributed by atoms with Crippen molar-refractivity contribution in [3.8, 4) is 5.75 Å². The van der Waals surface area contributed by atoms with E-state index in [1.807, 2.05) is 24.3 Å². The lowest BCUT2D eigenvalue weighted by atomic mass is 10.1. The van der Waals surface area contributed by atoms with Crippen LogP contribution in [0.4, 0.5) is 0 Å². The van der Waals surface area contributed by atoms with Crippen LogP contribution in [-0.2, 0) is 17.8 Å². The summed E-state index contributed by atoms with van der Waals surface area (Å²) in [6.07, 6.45) is 0.531. The Hall–Kier alpha value is -2.19. The molecule has 0 aliphatic heterocycles. The number of ether oxygens (including phenoxy) is 1. The predicted molar refractivity (Wildman–Crippen MR) is 76.3 cm³/mol. The van der Waals surface area contributed by atoms with Gasteiger partial charge in [0.25, 0.3) is 0 Å². The smallest absolute Gasteiger partial charge is 0.327 e. The molecule has 9 heteroatoms. The summed E-state index contributed by atoms with van der Waals surface area (Å²) in [4.78, 5) is 11.5. The molecule has 0 saturated carbocycles. The second-order valence-electron chi connectivity index (χ2n) is 4.23. The lowest BCUT2D eigenvalue weighted by Gasteiger charge is -2.07. The number of nitrogens with zero attached hydrogens (tertiary/aromatic N) is 4. The highest BCUT2D eigenvalue weighted by atomic mass is 35.5. The third-order valence-electron chi connectivity index (χ3n) is 2.69. The van der Waals surface area contributed by atoms with E-state index in [1.165, 1.54) is 0 Å². The molecule has 0 aliphatic carbocycles. The first kappa shape index (κ1) is 16.9. The molecular weight excluding hydrogens is 298 g/mol. The molecule has 1 aromatic heterocycles. The SMILES string of the molecule is COc1ccc(C[C@H](N)c2nnn(CC(=O)O)n2)cc1.Cl. The minimum Gasteiger partial charge on any atom is -0.497 e. The molecule has 0 radical (unpaired) electrons. The summed E-state index contributed by atoms with van der Waals surface area (Å²) < 4.78 is 5.07. The highest BCUT2D eigenvalue weighted by Crippen LogP contribution is 2.16. The van der Waals surface area contributed by atoms with Gasteiger partial charge in [-0.2, -0.15) is 4.80 Å². The number of carboxylic acid groups (broad SMARTS) is 1. The number of rotatable bonds is 6. The Morgan fingerprint density at radius 1 is 1.43 bits per heavy atom. The zero-order chi connectivity index (χ0) is 14.5. The summed E-state index contributed by atoms with van der Waals surface area (Å²) in [6, 6.07) is 7.06. The number of methoxy groups -OCH3 is 1. The quantitative estimate of drug-likeness (QED) is 0.794. The standard InChI is InChI=1S/C12H15N5O3.ClH/c1-20-9-4-2-8(3-5-9)6-10(13)12-14-16-17(15-12)7-11(18)19;/h2-5,10H,6-7,13H2,1H3,(H,18,19);1H/t10-;/m0./s1. The molecule has 1 aromatic carbocycles. The fraction of sp³-hybridized carbons (Fsp3) is 0.333. The van der Waals surface area contributed by atoms with E-state index in [1.54, 1.807) is 7.11 Å². The van der Waals surface area contributed by atoms with E-state index < -0.39 is 12.0 Å². The Labute approximate surface area is 127 Å². The molecule has 1 heterocycles. The van der Waals surface area contributed by atoms with Gasteiger partial charge in [-0.15, -0.1) is 22.6 Å². The number of halogens is 1. The van der Waals surface area contributed by atoms with E-state index in [-0.39, 0.29) is 19.0 Å². The number of carboxylic acids is 1. The lowest BCUT2D eigenvalue weighted by Crippen LogP contribution is -2.16. The molecular formula is C12H16ClN5O3. The van der Waals surface area contributed by atoms with Crippen molar-refractivity contribution >= 4 is 18.4 Å². The number of carbonyl (C=O) groups is 1. The molecule has 0 aliphatic rings. The number of nitrogens with two attached hydrogens (primary N) is 1. The van der Waals surface area contributed by atoms with Crippen LogP contribution in [-0.4, -0.2) is 38.4 Å². The van der Waals surface area contributed by atoms with Crippen molar-refractivity contribution in [3.63, 3.8) is 0 Å². The van der Waals surface area contributed by atoms with Crippen LogP contribution in [0.1, 0.15) is 17.4 Å². The molecule has 3 N–H and O–H groups in total. The largest absolute Gasteiger partial charge is 0.497 e. The maximum atomic E-state index is 10.5. The Bertz CT molecular complexity index is 587. The Balaban J connectivity index is 0.00000220. The summed E-state index contributed by atoms with van der Waals surface area (Å²) in [6.45, 7) is -0.331. The fourth-order valence-electron chi connectivity index (χ4n) is 1.70. The Morgan fingerprint density at radius 3 is 2.67 bits per heavy atom.